The van der Waals surface area contributed by atoms with Gasteiger partial charge >= 0.3 is 6.09 Å². The van der Waals surface area contributed by atoms with E-state index in [4.69, 9.17) is 4.74 Å². The quantitative estimate of drug-likeness (QED) is 0.250. The molecule has 3 spiro atoms. The van der Waals surface area contributed by atoms with E-state index in [1.54, 1.807) is 0 Å². The van der Waals surface area contributed by atoms with Gasteiger partial charge in [-0.25, -0.2) is 4.79 Å². The fourth-order valence-corrected chi connectivity index (χ4v) is 16.1. The lowest BCUT2D eigenvalue weighted by Gasteiger charge is -2.71. The van der Waals surface area contributed by atoms with Gasteiger partial charge in [-0.1, -0.05) is 86.7 Å². The van der Waals surface area contributed by atoms with Crippen LogP contribution in [0.15, 0.2) is 78.4 Å². The van der Waals surface area contributed by atoms with Crippen LogP contribution in [0.4, 0.5) is 4.79 Å². The molecule has 1 saturated heterocycles. The Morgan fingerprint density at radius 1 is 0.808 bits per heavy atom. The van der Waals surface area contributed by atoms with Gasteiger partial charge in [-0.05, 0) is 135 Å². The van der Waals surface area contributed by atoms with Crippen molar-refractivity contribution in [3.8, 4) is 11.1 Å². The first-order valence-corrected chi connectivity index (χ1v) is 20.8. The minimum Gasteiger partial charge on any atom is -0.440 e. The summed E-state index contributed by atoms with van der Waals surface area (Å²) < 4.78 is 6.82. The molecule has 5 nitrogen and oxygen atoms in total. The Hall–Kier alpha value is -3.18. The Balaban J connectivity index is 0.995. The monoisotopic (exact) mass is 697 g/mol. The zero-order valence-electron chi connectivity index (χ0n) is 31.1. The molecule has 1 N–H and O–H groups in total. The summed E-state index contributed by atoms with van der Waals surface area (Å²) >= 11 is 0. The number of allylic oxidation sites excluding steroid dienone is 4. The summed E-state index contributed by atoms with van der Waals surface area (Å²) in [6, 6.07) is 18.5. The summed E-state index contributed by atoms with van der Waals surface area (Å²) in [5, 5.41) is 11.2. The van der Waals surface area contributed by atoms with E-state index in [1.165, 1.54) is 38.5 Å². The number of hydrogen-bond donors (Lipinski definition) is 1. The highest BCUT2D eigenvalue weighted by Gasteiger charge is 2.76. The molecule has 1 heterocycles. The Morgan fingerprint density at radius 3 is 2.21 bits per heavy atom. The molecule has 2 aromatic rings. The van der Waals surface area contributed by atoms with Gasteiger partial charge in [0, 0.05) is 33.9 Å². The second kappa shape index (κ2) is 10.5. The van der Waals surface area contributed by atoms with Crippen LogP contribution in [-0.4, -0.2) is 46.7 Å². The summed E-state index contributed by atoms with van der Waals surface area (Å²) in [5.41, 5.74) is 2.39. The van der Waals surface area contributed by atoms with Crippen molar-refractivity contribution in [1.82, 2.24) is 4.90 Å². The van der Waals surface area contributed by atoms with Crippen LogP contribution < -0.4 is 0 Å². The van der Waals surface area contributed by atoms with Gasteiger partial charge in [0.2, 0.25) is 0 Å². The maximum absolute atomic E-state index is 15.5. The highest BCUT2D eigenvalue weighted by Crippen LogP contribution is 2.79. The number of rotatable bonds is 5. The lowest BCUT2D eigenvalue weighted by atomic mass is 9.32. The summed E-state index contributed by atoms with van der Waals surface area (Å²) in [6.45, 7) is 6.48. The number of nitrogens with zero attached hydrogens (tertiary/aromatic N) is 1. The third-order valence-electron chi connectivity index (χ3n) is 17.9. The Kier molecular flexibility index (Phi) is 6.53. The van der Waals surface area contributed by atoms with Crippen molar-refractivity contribution in [2.45, 2.75) is 109 Å². The van der Waals surface area contributed by atoms with E-state index in [2.05, 4.69) is 55.2 Å². The standard InChI is InChI=1S/C47H55NO4/c1-42-15-12-34(49)26-45(42)18-19-47(37(27-45)40(50)36-11-7-6-10-35(36)33-8-4-3-5-9-33)38(42)13-16-43(2)39(47)14-17-46(43)29-48(41(51)52-46)28-44-23-30-20-31(24-44)22-32(21-30)25-44/h3-11,18-19,27,30-32,34,38-39,49H,12-17,20-26,28-29H2,1-2H3. The molecule has 8 unspecified atom stereocenters. The molecule has 11 aliphatic rings. The van der Waals surface area contributed by atoms with Crippen LogP contribution in [-0.2, 0) is 4.74 Å². The molecule has 13 rings (SSSR count). The van der Waals surface area contributed by atoms with Crippen molar-refractivity contribution >= 4 is 11.9 Å². The Bertz CT molecular complexity index is 1900. The van der Waals surface area contributed by atoms with Gasteiger partial charge in [-0.2, -0.15) is 0 Å². The zero-order chi connectivity index (χ0) is 35.3. The van der Waals surface area contributed by atoms with E-state index < -0.39 is 11.0 Å². The second-order valence-electron chi connectivity index (χ2n) is 20.2. The predicted molar refractivity (Wildman–Crippen MR) is 201 cm³/mol. The molecule has 1 amide bonds. The highest BCUT2D eigenvalue weighted by atomic mass is 16.6. The van der Waals surface area contributed by atoms with Crippen LogP contribution >= 0.6 is 0 Å². The lowest BCUT2D eigenvalue weighted by Crippen LogP contribution is -2.67. The second-order valence-corrected chi connectivity index (χ2v) is 20.2. The molecule has 6 bridgehead atoms. The molecule has 272 valence electrons. The molecule has 0 aromatic heterocycles. The van der Waals surface area contributed by atoms with E-state index in [9.17, 15) is 9.90 Å². The number of amides is 1. The van der Waals surface area contributed by atoms with Crippen molar-refractivity contribution in [3.63, 3.8) is 0 Å². The van der Waals surface area contributed by atoms with Gasteiger partial charge in [0.1, 0.15) is 5.60 Å². The van der Waals surface area contributed by atoms with Gasteiger partial charge in [0.05, 0.1) is 12.6 Å². The first-order chi connectivity index (χ1) is 25.0. The minimum atomic E-state index is -0.531. The van der Waals surface area contributed by atoms with Crippen molar-refractivity contribution in [2.75, 3.05) is 13.1 Å². The van der Waals surface area contributed by atoms with E-state index in [-0.39, 0.29) is 45.6 Å². The van der Waals surface area contributed by atoms with E-state index >= 15 is 4.79 Å². The number of ether oxygens (including phenoxy) is 1. The predicted octanol–water partition coefficient (Wildman–Crippen LogP) is 9.80. The van der Waals surface area contributed by atoms with E-state index in [0.717, 1.165) is 85.1 Å². The molecule has 8 atom stereocenters. The number of carbonyl (C=O) groups excluding carboxylic acids is 2. The summed E-state index contributed by atoms with van der Waals surface area (Å²) in [7, 11) is 0. The van der Waals surface area contributed by atoms with Crippen LogP contribution in [0, 0.1) is 56.7 Å². The Labute approximate surface area is 309 Å². The lowest BCUT2D eigenvalue weighted by molar-refractivity contribution is -0.164. The molecule has 5 heteroatoms. The summed E-state index contributed by atoms with van der Waals surface area (Å²) in [4.78, 5) is 31.8. The van der Waals surface area contributed by atoms with Crippen molar-refractivity contribution < 1.29 is 19.4 Å². The van der Waals surface area contributed by atoms with Crippen LogP contribution in [0.5, 0.6) is 0 Å². The van der Waals surface area contributed by atoms with Gasteiger partial charge < -0.3 is 14.7 Å². The largest absolute Gasteiger partial charge is 0.440 e. The number of Topliss-reactive ketones (excluding diaryl/α,β-unsaturated/α-hetero) is 1. The highest BCUT2D eigenvalue weighted by molar-refractivity contribution is 6.14. The molecular formula is C47H55NO4. The molecule has 1 aliphatic heterocycles. The molecule has 0 radical (unpaired) electrons. The number of aliphatic hydroxyl groups is 1. The molecule has 7 saturated carbocycles. The normalized spacial score (nSPS) is 47.6. The summed E-state index contributed by atoms with van der Waals surface area (Å²) in [5.74, 6) is 3.18. The number of aliphatic hydroxyl groups excluding tert-OH is 1. The number of ketones is 1. The molecule has 8 fully saturated rings. The first-order valence-electron chi connectivity index (χ1n) is 20.8. The van der Waals surface area contributed by atoms with E-state index in [0.29, 0.717) is 18.9 Å². The fraction of sp³-hybridized carbons (Fsp3) is 0.617. The van der Waals surface area contributed by atoms with Crippen LogP contribution in [0.2, 0.25) is 0 Å². The maximum atomic E-state index is 15.5. The average Bonchev–Trinajstić information content (AvgIpc) is 3.60. The van der Waals surface area contributed by atoms with Crippen LogP contribution in [0.1, 0.15) is 108 Å². The Morgan fingerprint density at radius 2 is 1.46 bits per heavy atom. The third kappa shape index (κ3) is 4.00. The van der Waals surface area contributed by atoms with E-state index in [1.807, 2.05) is 36.4 Å². The van der Waals surface area contributed by atoms with Gasteiger partial charge in [-0.3, -0.25) is 4.79 Å². The fourth-order valence-electron chi connectivity index (χ4n) is 16.1. The SMILES string of the molecule is CC12CCC(O)CC13C=CC1(C(C(=O)c4ccccc4-c4ccccc4)=C3)C2CCC2(C)C1CCC21CN(CC23CC4CC(CC(C4)C2)C3)C(=O)O1. The summed E-state index contributed by atoms with van der Waals surface area (Å²) in [6.07, 6.45) is 21.2. The van der Waals surface area contributed by atoms with Gasteiger partial charge in [0.25, 0.3) is 0 Å². The molecule has 52 heavy (non-hydrogen) atoms. The van der Waals surface area contributed by atoms with Crippen molar-refractivity contribution in [2.24, 2.45) is 56.7 Å². The zero-order valence-corrected chi connectivity index (χ0v) is 31.1. The van der Waals surface area contributed by atoms with Gasteiger partial charge in [-0.15, -0.1) is 0 Å². The van der Waals surface area contributed by atoms with Crippen molar-refractivity contribution in [1.29, 1.82) is 0 Å². The minimum absolute atomic E-state index is 0.0440. The average molecular weight is 698 g/mol. The molecular weight excluding hydrogens is 643 g/mol. The smallest absolute Gasteiger partial charge is 0.410 e. The number of benzene rings is 2. The van der Waals surface area contributed by atoms with Crippen LogP contribution in [0.25, 0.3) is 11.1 Å². The van der Waals surface area contributed by atoms with Crippen molar-refractivity contribution in [3.05, 3.63) is 84.0 Å². The van der Waals surface area contributed by atoms with Crippen LogP contribution in [0.3, 0.4) is 0 Å². The van der Waals surface area contributed by atoms with Gasteiger partial charge in [0.15, 0.2) is 5.78 Å². The number of fused-ring (bicyclic) bond motifs is 2. The molecule has 10 aliphatic carbocycles. The first kappa shape index (κ1) is 32.3. The number of hydrogen-bond acceptors (Lipinski definition) is 4. The third-order valence-corrected chi connectivity index (χ3v) is 17.9. The number of carbonyl (C=O) groups is 2. The topological polar surface area (TPSA) is 66.8 Å². The molecule has 2 aromatic carbocycles. The maximum Gasteiger partial charge on any atom is 0.410 e.